The van der Waals surface area contributed by atoms with Gasteiger partial charge in [0.15, 0.2) is 12.6 Å². The third kappa shape index (κ3) is 8.94. The molecule has 2 aliphatic heterocycles. The summed E-state index contributed by atoms with van der Waals surface area (Å²) < 4.78 is 34.6. The molecule has 0 aliphatic carbocycles. The van der Waals surface area contributed by atoms with Crippen LogP contribution < -0.4 is 0 Å². The predicted octanol–water partition coefficient (Wildman–Crippen LogP) is 4.97. The maximum absolute atomic E-state index is 9.91. The second-order valence-corrected chi connectivity index (χ2v) is 11.4. The molecular formula is C34H50O8. The van der Waals surface area contributed by atoms with Crippen molar-refractivity contribution < 1.29 is 38.6 Å². The van der Waals surface area contributed by atoms with E-state index in [1.54, 1.807) is 14.2 Å². The first-order valence-electron chi connectivity index (χ1n) is 14.8. The van der Waals surface area contributed by atoms with Crippen LogP contribution in [0.15, 0.2) is 73.3 Å². The molecule has 0 amide bonds. The van der Waals surface area contributed by atoms with E-state index < -0.39 is 18.5 Å². The molecule has 2 fully saturated rings. The molecule has 2 saturated heterocycles. The molecule has 0 aromatic heterocycles. The van der Waals surface area contributed by atoms with Gasteiger partial charge < -0.3 is 38.6 Å². The summed E-state index contributed by atoms with van der Waals surface area (Å²) in [6.07, 6.45) is -0.679. The molecule has 2 N–H and O–H groups in total. The summed E-state index contributed by atoms with van der Waals surface area (Å²) in [5.74, 6) is 0.892. The van der Waals surface area contributed by atoms with Gasteiger partial charge in [-0.1, -0.05) is 94.4 Å². The Morgan fingerprint density at radius 3 is 1.62 bits per heavy atom. The quantitative estimate of drug-likeness (QED) is 0.357. The van der Waals surface area contributed by atoms with Crippen LogP contribution in [0, 0.1) is 23.7 Å². The molecule has 0 radical (unpaired) electrons. The molecular weight excluding hydrogens is 536 g/mol. The SMILES string of the molecule is C=CC1O[C@H](OC)[C@@H](OCc2ccccc2)C(C)[C@@H]1C.CO[C@H]1OC(C(O)CO)[C@@H](C)C(C)[C@@H]1OCc1ccccc1. The Morgan fingerprint density at radius 1 is 0.738 bits per heavy atom. The van der Waals surface area contributed by atoms with Crippen LogP contribution in [0.25, 0.3) is 0 Å². The molecule has 8 heteroatoms. The highest BCUT2D eigenvalue weighted by Gasteiger charge is 2.45. The third-order valence-corrected chi connectivity index (χ3v) is 8.68. The highest BCUT2D eigenvalue weighted by Crippen LogP contribution is 2.35. The van der Waals surface area contributed by atoms with E-state index in [9.17, 15) is 5.11 Å². The van der Waals surface area contributed by atoms with Crippen molar-refractivity contribution in [3.05, 3.63) is 84.4 Å². The minimum atomic E-state index is -0.912. The maximum Gasteiger partial charge on any atom is 0.184 e. The summed E-state index contributed by atoms with van der Waals surface area (Å²) in [6, 6.07) is 20.1. The summed E-state index contributed by atoms with van der Waals surface area (Å²) in [4.78, 5) is 0. The number of ether oxygens (including phenoxy) is 6. The molecule has 0 saturated carbocycles. The average molecular weight is 587 g/mol. The molecule has 2 aliphatic rings. The zero-order chi connectivity index (χ0) is 30.6. The Morgan fingerprint density at radius 2 is 1.19 bits per heavy atom. The van der Waals surface area contributed by atoms with Crippen LogP contribution in [0.3, 0.4) is 0 Å². The van der Waals surface area contributed by atoms with E-state index in [1.807, 2.05) is 61.5 Å². The molecule has 42 heavy (non-hydrogen) atoms. The molecule has 5 unspecified atom stereocenters. The van der Waals surface area contributed by atoms with E-state index >= 15 is 0 Å². The predicted molar refractivity (Wildman–Crippen MR) is 161 cm³/mol. The van der Waals surface area contributed by atoms with Gasteiger partial charge in [-0.25, -0.2) is 0 Å². The van der Waals surface area contributed by atoms with Crippen molar-refractivity contribution in [1.29, 1.82) is 0 Å². The van der Waals surface area contributed by atoms with Crippen LogP contribution in [0.5, 0.6) is 0 Å². The van der Waals surface area contributed by atoms with E-state index in [4.69, 9.17) is 33.5 Å². The first kappa shape index (κ1) is 34.4. The van der Waals surface area contributed by atoms with Gasteiger partial charge in [-0.2, -0.15) is 0 Å². The van der Waals surface area contributed by atoms with E-state index in [0.29, 0.717) is 25.0 Å². The normalized spacial score (nSPS) is 33.7. The van der Waals surface area contributed by atoms with Crippen LogP contribution in [0.1, 0.15) is 38.8 Å². The summed E-state index contributed by atoms with van der Waals surface area (Å²) in [5, 5.41) is 19.1. The Kier molecular flexibility index (Phi) is 14.1. The van der Waals surface area contributed by atoms with Gasteiger partial charge in [0, 0.05) is 14.2 Å². The lowest BCUT2D eigenvalue weighted by Gasteiger charge is -2.45. The minimum Gasteiger partial charge on any atom is -0.394 e. The van der Waals surface area contributed by atoms with Crippen LogP contribution in [0.4, 0.5) is 0 Å². The topological polar surface area (TPSA) is 95.8 Å². The lowest BCUT2D eigenvalue weighted by molar-refractivity contribution is -0.290. The van der Waals surface area contributed by atoms with Crippen molar-refractivity contribution in [2.45, 2.75) is 84.0 Å². The van der Waals surface area contributed by atoms with Gasteiger partial charge in [-0.15, -0.1) is 6.58 Å². The minimum absolute atomic E-state index is 0.0199. The van der Waals surface area contributed by atoms with Gasteiger partial charge in [0.25, 0.3) is 0 Å². The fourth-order valence-corrected chi connectivity index (χ4v) is 5.59. The van der Waals surface area contributed by atoms with Crippen LogP contribution in [-0.2, 0) is 41.6 Å². The second kappa shape index (κ2) is 17.2. The standard InChI is InChI=1S/C17H26O5.C17H24O3/c1-11-12(2)16(21-10-13-7-5-4-6-8-13)17(20-3)22-15(11)14(19)9-18;1-5-15-12(2)13(3)16(17(18-4)20-15)19-11-14-9-7-6-8-10-14/h4-8,11-12,14-19H,9-10H2,1-3H3;5-10,12-13,15-17H,1,11H2,2-4H3/t11-,12?,14?,15?,16-,17-;12-,13?,15?,16-,17-/m00/s1. The van der Waals surface area contributed by atoms with Crippen molar-refractivity contribution in [2.75, 3.05) is 20.8 Å². The Labute approximate surface area is 251 Å². The van der Waals surface area contributed by atoms with E-state index in [-0.39, 0.29) is 43.0 Å². The van der Waals surface area contributed by atoms with Crippen molar-refractivity contribution in [3.8, 4) is 0 Å². The summed E-state index contributed by atoms with van der Waals surface area (Å²) in [5.41, 5.74) is 2.25. The summed E-state index contributed by atoms with van der Waals surface area (Å²) >= 11 is 0. The van der Waals surface area contributed by atoms with Crippen molar-refractivity contribution in [2.24, 2.45) is 23.7 Å². The van der Waals surface area contributed by atoms with Crippen LogP contribution in [-0.4, -0.2) is 74.1 Å². The largest absolute Gasteiger partial charge is 0.394 e. The van der Waals surface area contributed by atoms with E-state index in [1.165, 1.54) is 0 Å². The van der Waals surface area contributed by atoms with Crippen molar-refractivity contribution in [3.63, 3.8) is 0 Å². The third-order valence-electron chi connectivity index (χ3n) is 8.68. The van der Waals surface area contributed by atoms with Gasteiger partial charge in [-0.05, 0) is 34.8 Å². The summed E-state index contributed by atoms with van der Waals surface area (Å²) in [6.45, 7) is 13.0. The average Bonchev–Trinajstić information content (AvgIpc) is 3.03. The number of aliphatic hydroxyl groups excluding tert-OH is 2. The van der Waals surface area contributed by atoms with Gasteiger partial charge >= 0.3 is 0 Å². The fraction of sp³-hybridized carbons (Fsp3) is 0.588. The first-order valence-corrected chi connectivity index (χ1v) is 14.8. The number of hydrogen-bond donors (Lipinski definition) is 2. The molecule has 4 rings (SSSR count). The smallest absolute Gasteiger partial charge is 0.184 e. The van der Waals surface area contributed by atoms with Crippen molar-refractivity contribution >= 4 is 0 Å². The van der Waals surface area contributed by atoms with Gasteiger partial charge in [-0.3, -0.25) is 0 Å². The molecule has 8 nitrogen and oxygen atoms in total. The Balaban J connectivity index is 0.000000231. The van der Waals surface area contributed by atoms with Gasteiger partial charge in [0.05, 0.1) is 32.0 Å². The number of aliphatic hydroxyl groups is 2. The molecule has 2 aromatic carbocycles. The second-order valence-electron chi connectivity index (χ2n) is 11.4. The van der Waals surface area contributed by atoms with Crippen LogP contribution >= 0.6 is 0 Å². The number of rotatable bonds is 11. The van der Waals surface area contributed by atoms with E-state index in [2.05, 4.69) is 39.5 Å². The zero-order valence-corrected chi connectivity index (χ0v) is 25.9. The number of hydrogen-bond acceptors (Lipinski definition) is 8. The molecule has 234 valence electrons. The lowest BCUT2D eigenvalue weighted by atomic mass is 9.81. The highest BCUT2D eigenvalue weighted by atomic mass is 16.7. The highest BCUT2D eigenvalue weighted by molar-refractivity contribution is 5.14. The fourth-order valence-electron chi connectivity index (χ4n) is 5.59. The van der Waals surface area contributed by atoms with Gasteiger partial charge in [0.2, 0.25) is 0 Å². The number of methoxy groups -OCH3 is 2. The molecule has 0 bridgehead atoms. The van der Waals surface area contributed by atoms with Crippen molar-refractivity contribution in [1.82, 2.24) is 0 Å². The Bertz CT molecular complexity index is 1020. The monoisotopic (exact) mass is 586 g/mol. The Hall–Kier alpha value is -2.14. The first-order chi connectivity index (χ1) is 20.2. The van der Waals surface area contributed by atoms with Gasteiger partial charge in [0.1, 0.15) is 18.3 Å². The molecule has 11 atom stereocenters. The maximum atomic E-state index is 9.91. The number of benzene rings is 2. The summed E-state index contributed by atoms with van der Waals surface area (Å²) in [7, 11) is 3.22. The lowest BCUT2D eigenvalue weighted by Crippen LogP contribution is -2.55. The zero-order valence-electron chi connectivity index (χ0n) is 25.9. The molecule has 2 aromatic rings. The molecule has 2 heterocycles. The molecule has 0 spiro atoms. The van der Waals surface area contributed by atoms with Crippen LogP contribution in [0.2, 0.25) is 0 Å². The van der Waals surface area contributed by atoms with E-state index in [0.717, 1.165) is 11.1 Å².